The van der Waals surface area contributed by atoms with Crippen molar-refractivity contribution in [1.29, 1.82) is 0 Å². The highest BCUT2D eigenvalue weighted by molar-refractivity contribution is 8.00. The number of methoxy groups -OCH3 is 2. The van der Waals surface area contributed by atoms with Gasteiger partial charge >= 0.3 is 0 Å². The van der Waals surface area contributed by atoms with Crippen molar-refractivity contribution in [2.75, 3.05) is 24.9 Å². The van der Waals surface area contributed by atoms with Gasteiger partial charge in [-0.3, -0.25) is 9.59 Å². The number of carbonyl (C=O) groups is 2. The second-order valence-electron chi connectivity index (χ2n) is 7.84. The molecule has 1 atom stereocenters. The molecule has 3 N–H and O–H groups in total. The van der Waals surface area contributed by atoms with Gasteiger partial charge in [-0.2, -0.15) is 0 Å². The molecule has 0 fully saturated rings. The molecule has 0 radical (unpaired) electrons. The Kier molecular flexibility index (Phi) is 7.62. The molecule has 0 aliphatic heterocycles. The number of hydrogen-bond acceptors (Lipinski definition) is 5. The average Bonchev–Trinajstić information content (AvgIpc) is 3.35. The van der Waals surface area contributed by atoms with Gasteiger partial charge < -0.3 is 25.1 Å². The van der Waals surface area contributed by atoms with Crippen molar-refractivity contribution in [2.24, 2.45) is 0 Å². The van der Waals surface area contributed by atoms with E-state index in [4.69, 9.17) is 9.47 Å². The van der Waals surface area contributed by atoms with Gasteiger partial charge in [0.1, 0.15) is 0 Å². The summed E-state index contributed by atoms with van der Waals surface area (Å²) in [5, 5.41) is 6.73. The maximum atomic E-state index is 12.9. The number of benzene rings is 3. The number of carbonyl (C=O) groups excluding carboxylic acids is 2. The van der Waals surface area contributed by atoms with Crippen molar-refractivity contribution >= 4 is 45.9 Å². The number of hydrogen-bond donors (Lipinski definition) is 3. The van der Waals surface area contributed by atoms with Crippen molar-refractivity contribution in [3.05, 3.63) is 78.5 Å². The number of ether oxygens (including phenoxy) is 2. The first-order valence-corrected chi connectivity index (χ1v) is 12.1. The Morgan fingerprint density at radius 3 is 2.49 bits per heavy atom. The number of rotatable bonds is 9. The second kappa shape index (κ2) is 11.0. The molecule has 0 saturated carbocycles. The Morgan fingerprint density at radius 2 is 1.71 bits per heavy atom. The average molecular weight is 490 g/mol. The maximum absolute atomic E-state index is 12.9. The Morgan fingerprint density at radius 1 is 0.914 bits per heavy atom. The molecule has 0 spiro atoms. The van der Waals surface area contributed by atoms with Crippen LogP contribution >= 0.6 is 11.8 Å². The molecular formula is C27H27N3O4S. The molecule has 4 rings (SSSR count). The van der Waals surface area contributed by atoms with Crippen LogP contribution in [0.2, 0.25) is 0 Å². The molecular weight excluding hydrogens is 462 g/mol. The van der Waals surface area contributed by atoms with E-state index in [0.717, 1.165) is 21.5 Å². The van der Waals surface area contributed by atoms with Crippen LogP contribution in [0.1, 0.15) is 23.7 Å². The van der Waals surface area contributed by atoms with Gasteiger partial charge in [0.2, 0.25) is 5.91 Å². The zero-order valence-corrected chi connectivity index (χ0v) is 20.6. The number of fused-ring (bicyclic) bond motifs is 1. The lowest BCUT2D eigenvalue weighted by Crippen LogP contribution is -2.24. The molecule has 1 unspecified atom stereocenters. The molecule has 1 aromatic heterocycles. The van der Waals surface area contributed by atoms with E-state index in [0.29, 0.717) is 29.2 Å². The zero-order valence-electron chi connectivity index (χ0n) is 19.8. The van der Waals surface area contributed by atoms with Crippen LogP contribution in [-0.4, -0.2) is 36.3 Å². The van der Waals surface area contributed by atoms with Gasteiger partial charge in [-0.05, 0) is 66.4 Å². The summed E-state index contributed by atoms with van der Waals surface area (Å²) < 4.78 is 10.5. The number of nitrogens with one attached hydrogen (secondary N) is 3. The zero-order chi connectivity index (χ0) is 24.8. The van der Waals surface area contributed by atoms with E-state index < -0.39 is 0 Å². The minimum Gasteiger partial charge on any atom is -0.493 e. The highest BCUT2D eigenvalue weighted by Gasteiger charge is 2.19. The summed E-state index contributed by atoms with van der Waals surface area (Å²) in [7, 11) is 3.07. The van der Waals surface area contributed by atoms with Gasteiger partial charge in [0.25, 0.3) is 5.91 Å². The molecule has 3 aromatic carbocycles. The predicted molar refractivity (Wildman–Crippen MR) is 141 cm³/mol. The Bertz CT molecular complexity index is 1350. The number of aromatic amines is 1. The van der Waals surface area contributed by atoms with Crippen molar-refractivity contribution < 1.29 is 19.1 Å². The van der Waals surface area contributed by atoms with Gasteiger partial charge in [0.15, 0.2) is 11.5 Å². The third kappa shape index (κ3) is 5.78. The lowest BCUT2D eigenvalue weighted by molar-refractivity contribution is -0.115. The molecule has 0 bridgehead atoms. The Balaban J connectivity index is 1.42. The largest absolute Gasteiger partial charge is 0.493 e. The molecule has 4 aromatic rings. The number of anilines is 2. The molecule has 8 heteroatoms. The molecule has 2 amide bonds. The SMILES string of the molecule is CCC(Sc1cccc(NC(=O)c2ccc(OC)c(OC)c2)c1)C(=O)Nc1ccc2cc[nH]c2c1. The summed E-state index contributed by atoms with van der Waals surface area (Å²) >= 11 is 1.46. The topological polar surface area (TPSA) is 92.4 Å². The van der Waals surface area contributed by atoms with Crippen LogP contribution in [-0.2, 0) is 4.79 Å². The maximum Gasteiger partial charge on any atom is 0.255 e. The summed E-state index contributed by atoms with van der Waals surface area (Å²) in [5.41, 5.74) is 2.81. The van der Waals surface area contributed by atoms with Crippen LogP contribution in [0.25, 0.3) is 10.9 Å². The first-order chi connectivity index (χ1) is 17.0. The number of H-pyrrole nitrogens is 1. The van der Waals surface area contributed by atoms with Gasteiger partial charge in [0, 0.05) is 33.5 Å². The first-order valence-electron chi connectivity index (χ1n) is 11.2. The lowest BCUT2D eigenvalue weighted by atomic mass is 10.2. The van der Waals surface area contributed by atoms with Crippen molar-refractivity contribution in [3.63, 3.8) is 0 Å². The van der Waals surface area contributed by atoms with Crippen LogP contribution in [0, 0.1) is 0 Å². The molecule has 180 valence electrons. The molecule has 1 heterocycles. The summed E-state index contributed by atoms with van der Waals surface area (Å²) in [5.74, 6) is 0.705. The number of aromatic nitrogens is 1. The number of amides is 2. The quantitative estimate of drug-likeness (QED) is 0.253. The predicted octanol–water partition coefficient (Wildman–Crippen LogP) is 5.95. The molecule has 35 heavy (non-hydrogen) atoms. The standard InChI is InChI=1S/C27H27N3O4S/c1-4-25(27(32)30-20-10-8-17-12-13-28-22(17)16-20)35-21-7-5-6-19(15-21)29-26(31)18-9-11-23(33-2)24(14-18)34-3/h5-16,25,28H,4H2,1-3H3,(H,29,31)(H,30,32). The summed E-state index contributed by atoms with van der Waals surface area (Å²) in [6.07, 6.45) is 2.53. The van der Waals surface area contributed by atoms with Crippen LogP contribution in [0.3, 0.4) is 0 Å². The number of thioether (sulfide) groups is 1. The molecule has 0 aliphatic carbocycles. The van der Waals surface area contributed by atoms with Gasteiger partial charge in [-0.1, -0.05) is 19.1 Å². The van der Waals surface area contributed by atoms with Crippen molar-refractivity contribution in [1.82, 2.24) is 4.98 Å². The first kappa shape index (κ1) is 24.2. The smallest absolute Gasteiger partial charge is 0.255 e. The molecule has 0 saturated heterocycles. The minimum absolute atomic E-state index is 0.0665. The third-order valence-corrected chi connectivity index (χ3v) is 6.86. The molecule has 7 nitrogen and oxygen atoms in total. The van der Waals surface area contributed by atoms with E-state index in [2.05, 4.69) is 15.6 Å². The van der Waals surface area contributed by atoms with E-state index >= 15 is 0 Å². The van der Waals surface area contributed by atoms with E-state index in [1.54, 1.807) is 25.3 Å². The fraction of sp³-hybridized carbons (Fsp3) is 0.185. The van der Waals surface area contributed by atoms with Crippen LogP contribution in [0.15, 0.2) is 77.8 Å². The van der Waals surface area contributed by atoms with E-state index in [1.807, 2.05) is 61.7 Å². The Labute approximate surface area is 208 Å². The third-order valence-electron chi connectivity index (χ3n) is 5.50. The van der Waals surface area contributed by atoms with Crippen LogP contribution in [0.4, 0.5) is 11.4 Å². The van der Waals surface area contributed by atoms with Crippen LogP contribution < -0.4 is 20.1 Å². The molecule has 0 aliphatic rings. The summed E-state index contributed by atoms with van der Waals surface area (Å²) in [4.78, 5) is 29.8. The fourth-order valence-electron chi connectivity index (χ4n) is 3.66. The summed E-state index contributed by atoms with van der Waals surface area (Å²) in [6.45, 7) is 1.98. The van der Waals surface area contributed by atoms with Gasteiger partial charge in [0.05, 0.1) is 19.5 Å². The summed E-state index contributed by atoms with van der Waals surface area (Å²) in [6, 6.07) is 20.3. The van der Waals surface area contributed by atoms with Crippen LogP contribution in [0.5, 0.6) is 11.5 Å². The Hall–Kier alpha value is -3.91. The van der Waals surface area contributed by atoms with E-state index in [1.165, 1.54) is 18.9 Å². The van der Waals surface area contributed by atoms with E-state index in [9.17, 15) is 9.59 Å². The minimum atomic E-state index is -0.286. The van der Waals surface area contributed by atoms with Gasteiger partial charge in [-0.25, -0.2) is 0 Å². The fourth-order valence-corrected chi connectivity index (χ4v) is 4.68. The lowest BCUT2D eigenvalue weighted by Gasteiger charge is -2.16. The highest BCUT2D eigenvalue weighted by Crippen LogP contribution is 2.30. The van der Waals surface area contributed by atoms with Crippen molar-refractivity contribution in [2.45, 2.75) is 23.5 Å². The van der Waals surface area contributed by atoms with E-state index in [-0.39, 0.29) is 17.1 Å². The van der Waals surface area contributed by atoms with Crippen molar-refractivity contribution in [3.8, 4) is 11.5 Å². The highest BCUT2D eigenvalue weighted by atomic mass is 32.2. The monoisotopic (exact) mass is 489 g/mol. The normalized spacial score (nSPS) is 11.6. The second-order valence-corrected chi connectivity index (χ2v) is 9.11. The van der Waals surface area contributed by atoms with Gasteiger partial charge in [-0.15, -0.1) is 11.8 Å².